The van der Waals surface area contributed by atoms with Crippen LogP contribution in [-0.2, 0) is 11.3 Å². The monoisotopic (exact) mass is 404 g/mol. The molecule has 0 heterocycles. The molecule has 3 rings (SSSR count). The number of anilines is 1. The van der Waals surface area contributed by atoms with Crippen LogP contribution in [0.15, 0.2) is 46.9 Å². The summed E-state index contributed by atoms with van der Waals surface area (Å²) >= 11 is 3.38. The Labute approximate surface area is 153 Å². The highest BCUT2D eigenvalue weighted by atomic mass is 79.9. The number of nitrogens with one attached hydrogen (secondary N) is 2. The van der Waals surface area contributed by atoms with E-state index in [1.807, 2.05) is 31.2 Å². The average molecular weight is 405 g/mol. The highest BCUT2D eigenvalue weighted by molar-refractivity contribution is 9.10. The average Bonchev–Trinajstić information content (AvgIpc) is 3.31. The number of hydrogen-bond donors (Lipinski definition) is 2. The molecule has 130 valence electrons. The van der Waals surface area contributed by atoms with E-state index < -0.39 is 11.7 Å². The molecule has 0 spiro atoms. The van der Waals surface area contributed by atoms with E-state index in [1.54, 1.807) is 0 Å². The molecule has 0 saturated heterocycles. The maximum absolute atomic E-state index is 13.6. The van der Waals surface area contributed by atoms with Crippen molar-refractivity contribution in [3.63, 3.8) is 0 Å². The van der Waals surface area contributed by atoms with Crippen LogP contribution in [0.1, 0.15) is 29.3 Å². The third-order valence-corrected chi connectivity index (χ3v) is 4.77. The van der Waals surface area contributed by atoms with Crippen LogP contribution in [0.25, 0.3) is 0 Å². The van der Waals surface area contributed by atoms with Crippen LogP contribution < -0.4 is 10.6 Å². The Bertz CT molecular complexity index is 825. The van der Waals surface area contributed by atoms with Gasteiger partial charge in [-0.1, -0.05) is 35.0 Å². The Balaban J connectivity index is 1.72. The van der Waals surface area contributed by atoms with Crippen molar-refractivity contribution in [3.8, 4) is 0 Å². The fraction of sp³-hybridized carbons (Fsp3) is 0.263. The molecule has 0 bridgehead atoms. The van der Waals surface area contributed by atoms with Crippen molar-refractivity contribution in [2.24, 2.45) is 11.8 Å². The molecule has 1 fully saturated rings. The van der Waals surface area contributed by atoms with Gasteiger partial charge in [-0.3, -0.25) is 9.59 Å². The number of hydrogen-bond acceptors (Lipinski definition) is 2. The van der Waals surface area contributed by atoms with Gasteiger partial charge in [-0.25, -0.2) is 4.39 Å². The molecule has 25 heavy (non-hydrogen) atoms. The van der Waals surface area contributed by atoms with E-state index in [9.17, 15) is 14.0 Å². The summed E-state index contributed by atoms with van der Waals surface area (Å²) in [7, 11) is 0. The van der Waals surface area contributed by atoms with Crippen molar-refractivity contribution in [1.29, 1.82) is 0 Å². The van der Waals surface area contributed by atoms with E-state index in [0.717, 1.165) is 22.5 Å². The normalized spacial score (nSPS) is 18.5. The second kappa shape index (κ2) is 7.35. The molecule has 0 radical (unpaired) electrons. The van der Waals surface area contributed by atoms with Crippen molar-refractivity contribution < 1.29 is 14.0 Å². The van der Waals surface area contributed by atoms with Gasteiger partial charge in [-0.15, -0.1) is 0 Å². The quantitative estimate of drug-likeness (QED) is 0.787. The molecule has 2 atom stereocenters. The van der Waals surface area contributed by atoms with Crippen LogP contribution in [0.4, 0.5) is 10.1 Å². The minimum atomic E-state index is -0.523. The zero-order valence-corrected chi connectivity index (χ0v) is 15.3. The Morgan fingerprint density at radius 1 is 1.24 bits per heavy atom. The molecule has 0 aromatic heterocycles. The lowest BCUT2D eigenvalue weighted by Crippen LogP contribution is -2.25. The molecule has 2 N–H and O–H groups in total. The molecule has 2 aromatic rings. The minimum Gasteiger partial charge on any atom is -0.348 e. The first-order valence-corrected chi connectivity index (χ1v) is 8.86. The number of benzene rings is 2. The van der Waals surface area contributed by atoms with Crippen molar-refractivity contribution in [2.45, 2.75) is 19.9 Å². The highest BCUT2D eigenvalue weighted by Gasteiger charge is 2.39. The second-order valence-corrected chi connectivity index (χ2v) is 7.23. The van der Waals surface area contributed by atoms with Gasteiger partial charge in [0.1, 0.15) is 5.82 Å². The van der Waals surface area contributed by atoms with Crippen molar-refractivity contribution in [3.05, 3.63) is 63.9 Å². The zero-order valence-electron chi connectivity index (χ0n) is 13.7. The van der Waals surface area contributed by atoms with E-state index >= 15 is 0 Å². The van der Waals surface area contributed by atoms with Gasteiger partial charge in [0.2, 0.25) is 5.91 Å². The second-order valence-electron chi connectivity index (χ2n) is 6.31. The Kier molecular flexibility index (Phi) is 5.18. The van der Waals surface area contributed by atoms with Gasteiger partial charge < -0.3 is 10.6 Å². The van der Waals surface area contributed by atoms with E-state index in [2.05, 4.69) is 26.6 Å². The third kappa shape index (κ3) is 4.45. The molecule has 1 aliphatic rings. The van der Waals surface area contributed by atoms with Crippen LogP contribution in [0.5, 0.6) is 0 Å². The lowest BCUT2D eigenvalue weighted by molar-refractivity contribution is -0.117. The summed E-state index contributed by atoms with van der Waals surface area (Å²) in [4.78, 5) is 24.6. The van der Waals surface area contributed by atoms with Crippen LogP contribution in [0, 0.1) is 17.7 Å². The molecule has 2 amide bonds. The lowest BCUT2D eigenvalue weighted by atomic mass is 10.1. The van der Waals surface area contributed by atoms with E-state index in [1.165, 1.54) is 12.1 Å². The van der Waals surface area contributed by atoms with E-state index in [0.29, 0.717) is 18.2 Å². The predicted octanol–water partition coefficient (Wildman–Crippen LogP) is 4.11. The molecule has 2 unspecified atom stereocenters. The smallest absolute Gasteiger partial charge is 0.253 e. The minimum absolute atomic E-state index is 0.0253. The SMILES string of the molecule is CC1CC1C(=O)Nc1ccc(F)cc1C(=O)NCc1cccc(Br)c1. The summed E-state index contributed by atoms with van der Waals surface area (Å²) in [6, 6.07) is 11.3. The molecular weight excluding hydrogens is 387 g/mol. The van der Waals surface area contributed by atoms with Gasteiger partial charge in [0.15, 0.2) is 0 Å². The van der Waals surface area contributed by atoms with Gasteiger partial charge in [0, 0.05) is 16.9 Å². The molecular formula is C19H18BrFN2O2. The Morgan fingerprint density at radius 2 is 2.00 bits per heavy atom. The summed E-state index contributed by atoms with van der Waals surface area (Å²) in [5.41, 5.74) is 1.37. The third-order valence-electron chi connectivity index (χ3n) is 4.27. The van der Waals surface area contributed by atoms with Crippen LogP contribution in [0.3, 0.4) is 0 Å². The van der Waals surface area contributed by atoms with Crippen molar-refractivity contribution >= 4 is 33.4 Å². The maximum Gasteiger partial charge on any atom is 0.253 e. The first-order valence-electron chi connectivity index (χ1n) is 8.07. The molecule has 4 nitrogen and oxygen atoms in total. The first-order chi connectivity index (χ1) is 11.9. The van der Waals surface area contributed by atoms with Gasteiger partial charge in [-0.05, 0) is 48.2 Å². The molecule has 2 aromatic carbocycles. The van der Waals surface area contributed by atoms with Crippen LogP contribution >= 0.6 is 15.9 Å². The number of carbonyl (C=O) groups is 2. The van der Waals surface area contributed by atoms with Crippen LogP contribution in [0.2, 0.25) is 0 Å². The molecule has 1 aliphatic carbocycles. The number of carbonyl (C=O) groups excluding carboxylic acids is 2. The fourth-order valence-corrected chi connectivity index (χ4v) is 3.10. The van der Waals surface area contributed by atoms with E-state index in [-0.39, 0.29) is 17.4 Å². The summed E-state index contributed by atoms with van der Waals surface area (Å²) in [6.45, 7) is 2.31. The zero-order chi connectivity index (χ0) is 18.0. The lowest BCUT2D eigenvalue weighted by Gasteiger charge is -2.12. The summed E-state index contributed by atoms with van der Waals surface area (Å²) in [6.07, 6.45) is 0.845. The maximum atomic E-state index is 13.6. The number of amides is 2. The Hall–Kier alpha value is -2.21. The van der Waals surface area contributed by atoms with Crippen molar-refractivity contribution in [1.82, 2.24) is 5.32 Å². The van der Waals surface area contributed by atoms with Crippen LogP contribution in [-0.4, -0.2) is 11.8 Å². The standard InChI is InChI=1S/C19H18BrFN2O2/c1-11-7-15(11)19(25)23-17-6-5-14(21)9-16(17)18(24)22-10-12-3-2-4-13(20)8-12/h2-6,8-9,11,15H,7,10H2,1H3,(H,22,24)(H,23,25). The first kappa shape index (κ1) is 17.6. The van der Waals surface area contributed by atoms with E-state index in [4.69, 9.17) is 0 Å². The molecule has 6 heteroatoms. The number of rotatable bonds is 5. The molecule has 1 saturated carbocycles. The van der Waals surface area contributed by atoms with Crippen molar-refractivity contribution in [2.75, 3.05) is 5.32 Å². The topological polar surface area (TPSA) is 58.2 Å². The van der Waals surface area contributed by atoms with Gasteiger partial charge in [0.25, 0.3) is 5.91 Å². The predicted molar refractivity (Wildman–Crippen MR) is 97.6 cm³/mol. The summed E-state index contributed by atoms with van der Waals surface area (Å²) < 4.78 is 14.5. The number of halogens is 2. The van der Waals surface area contributed by atoms with Gasteiger partial charge in [-0.2, -0.15) is 0 Å². The summed E-state index contributed by atoms with van der Waals surface area (Å²) in [5.74, 6) is -0.749. The largest absolute Gasteiger partial charge is 0.348 e. The highest BCUT2D eigenvalue weighted by Crippen LogP contribution is 2.38. The van der Waals surface area contributed by atoms with Gasteiger partial charge in [0.05, 0.1) is 11.3 Å². The molecule has 0 aliphatic heterocycles. The fourth-order valence-electron chi connectivity index (χ4n) is 2.65. The summed E-state index contributed by atoms with van der Waals surface area (Å²) in [5, 5.41) is 5.50. The van der Waals surface area contributed by atoms with Gasteiger partial charge >= 0.3 is 0 Å². The Morgan fingerprint density at radius 3 is 2.68 bits per heavy atom.